The Morgan fingerprint density at radius 2 is 2.09 bits per heavy atom. The van der Waals surface area contributed by atoms with Gasteiger partial charge in [-0.05, 0) is 30.4 Å². The van der Waals surface area contributed by atoms with Crippen molar-refractivity contribution in [3.8, 4) is 0 Å². The maximum atomic E-state index is 12.2. The summed E-state index contributed by atoms with van der Waals surface area (Å²) >= 11 is 0. The first kappa shape index (κ1) is 17.0. The molecule has 0 aromatic heterocycles. The molecular formula is C18H27NO3. The number of fused-ring (bicyclic) bond motifs is 1. The molecule has 1 aliphatic heterocycles. The fraction of sp³-hybridized carbons (Fsp3) is 0.611. The molecule has 1 amide bonds. The number of aliphatic hydroxyl groups excluding tert-OH is 1. The van der Waals surface area contributed by atoms with Crippen molar-refractivity contribution in [2.75, 3.05) is 19.8 Å². The molecule has 0 bridgehead atoms. The first-order valence-corrected chi connectivity index (χ1v) is 8.21. The van der Waals surface area contributed by atoms with Crippen LogP contribution in [0.2, 0.25) is 0 Å². The maximum Gasteiger partial charge on any atom is 0.222 e. The van der Waals surface area contributed by atoms with Crippen LogP contribution in [-0.4, -0.2) is 30.8 Å². The zero-order chi connectivity index (χ0) is 16.0. The van der Waals surface area contributed by atoms with Gasteiger partial charge in [-0.3, -0.25) is 4.79 Å². The number of aliphatic hydroxyl groups is 1. The average molecular weight is 305 g/mol. The molecule has 0 aliphatic carbocycles. The maximum absolute atomic E-state index is 12.2. The van der Waals surface area contributed by atoms with Gasteiger partial charge in [0.15, 0.2) is 0 Å². The van der Waals surface area contributed by atoms with Crippen LogP contribution >= 0.6 is 0 Å². The lowest BCUT2D eigenvalue weighted by molar-refractivity contribution is -0.125. The first-order chi connectivity index (χ1) is 10.6. The number of rotatable bonds is 7. The smallest absolute Gasteiger partial charge is 0.222 e. The fourth-order valence-electron chi connectivity index (χ4n) is 2.95. The van der Waals surface area contributed by atoms with Gasteiger partial charge in [-0.2, -0.15) is 0 Å². The highest BCUT2D eigenvalue weighted by Crippen LogP contribution is 2.30. The third kappa shape index (κ3) is 3.87. The number of benzene rings is 1. The van der Waals surface area contributed by atoms with E-state index < -0.39 is 0 Å². The van der Waals surface area contributed by atoms with Crippen LogP contribution in [0.3, 0.4) is 0 Å². The molecule has 1 aliphatic rings. The lowest BCUT2D eigenvalue weighted by Crippen LogP contribution is -2.40. The summed E-state index contributed by atoms with van der Waals surface area (Å²) in [4.78, 5) is 12.2. The Labute approximate surface area is 132 Å². The Kier molecular flexibility index (Phi) is 5.98. The SMILES string of the molecule is CCC(CC)(CO)CNC(=O)CC1OCCc2ccccc21. The average Bonchev–Trinajstić information content (AvgIpc) is 2.57. The molecule has 2 N–H and O–H groups in total. The lowest BCUT2D eigenvalue weighted by atomic mass is 9.83. The third-order valence-corrected chi connectivity index (χ3v) is 4.96. The van der Waals surface area contributed by atoms with Gasteiger partial charge in [-0.1, -0.05) is 38.1 Å². The molecule has 0 fully saturated rings. The summed E-state index contributed by atoms with van der Waals surface area (Å²) in [7, 11) is 0. The number of carbonyl (C=O) groups excluding carboxylic acids is 1. The van der Waals surface area contributed by atoms with Crippen LogP contribution in [0, 0.1) is 5.41 Å². The van der Waals surface area contributed by atoms with Crippen molar-refractivity contribution in [2.24, 2.45) is 5.41 Å². The minimum absolute atomic E-state index is 0.0126. The van der Waals surface area contributed by atoms with Crippen molar-refractivity contribution in [1.29, 1.82) is 0 Å². The number of nitrogens with one attached hydrogen (secondary N) is 1. The number of hydrogen-bond acceptors (Lipinski definition) is 3. The number of hydrogen-bond donors (Lipinski definition) is 2. The van der Waals surface area contributed by atoms with E-state index >= 15 is 0 Å². The van der Waals surface area contributed by atoms with Crippen molar-refractivity contribution in [3.63, 3.8) is 0 Å². The molecule has 0 saturated carbocycles. The largest absolute Gasteiger partial charge is 0.396 e. The molecule has 4 heteroatoms. The van der Waals surface area contributed by atoms with E-state index in [0.29, 0.717) is 19.6 Å². The molecule has 1 atom stereocenters. The summed E-state index contributed by atoms with van der Waals surface area (Å²) in [5, 5.41) is 12.5. The second kappa shape index (κ2) is 7.75. The molecule has 122 valence electrons. The van der Waals surface area contributed by atoms with Crippen LogP contribution in [0.5, 0.6) is 0 Å². The predicted molar refractivity (Wildman–Crippen MR) is 86.6 cm³/mol. The third-order valence-electron chi connectivity index (χ3n) is 4.96. The number of amides is 1. The van der Waals surface area contributed by atoms with Crippen molar-refractivity contribution < 1.29 is 14.6 Å². The summed E-state index contributed by atoms with van der Waals surface area (Å²) in [6, 6.07) is 8.17. The molecular weight excluding hydrogens is 278 g/mol. The van der Waals surface area contributed by atoms with E-state index in [1.54, 1.807) is 0 Å². The molecule has 4 nitrogen and oxygen atoms in total. The summed E-state index contributed by atoms with van der Waals surface area (Å²) in [6.45, 7) is 5.38. The van der Waals surface area contributed by atoms with E-state index in [4.69, 9.17) is 4.74 Å². The summed E-state index contributed by atoms with van der Waals surface area (Å²) in [6.07, 6.45) is 2.79. The van der Waals surface area contributed by atoms with Crippen molar-refractivity contribution in [1.82, 2.24) is 5.32 Å². The first-order valence-electron chi connectivity index (χ1n) is 8.21. The van der Waals surface area contributed by atoms with Gasteiger partial charge in [0.05, 0.1) is 25.7 Å². The minimum atomic E-state index is -0.207. The number of carbonyl (C=O) groups is 1. The highest BCUT2D eigenvalue weighted by molar-refractivity contribution is 5.76. The second-order valence-corrected chi connectivity index (χ2v) is 6.15. The van der Waals surface area contributed by atoms with Gasteiger partial charge in [0.2, 0.25) is 5.91 Å². The van der Waals surface area contributed by atoms with Gasteiger partial charge in [0, 0.05) is 12.0 Å². The van der Waals surface area contributed by atoms with E-state index in [1.807, 2.05) is 32.0 Å². The zero-order valence-corrected chi connectivity index (χ0v) is 13.6. The van der Waals surface area contributed by atoms with Gasteiger partial charge in [-0.25, -0.2) is 0 Å². The zero-order valence-electron chi connectivity index (χ0n) is 13.6. The van der Waals surface area contributed by atoms with E-state index in [9.17, 15) is 9.90 Å². The Balaban J connectivity index is 1.93. The summed E-state index contributed by atoms with van der Waals surface area (Å²) in [5.74, 6) is -0.0126. The Morgan fingerprint density at radius 3 is 2.77 bits per heavy atom. The molecule has 1 aromatic carbocycles. The van der Waals surface area contributed by atoms with Crippen LogP contribution in [0.25, 0.3) is 0 Å². The fourth-order valence-corrected chi connectivity index (χ4v) is 2.95. The van der Waals surface area contributed by atoms with Crippen molar-refractivity contribution >= 4 is 5.91 Å². The van der Waals surface area contributed by atoms with E-state index in [1.165, 1.54) is 5.56 Å². The standard InChI is InChI=1S/C18H27NO3/c1-3-18(4-2,13-20)12-19-17(21)11-16-15-8-6-5-7-14(15)9-10-22-16/h5-8,16,20H,3-4,9-13H2,1-2H3,(H,19,21). The van der Waals surface area contributed by atoms with Gasteiger partial charge in [-0.15, -0.1) is 0 Å². The van der Waals surface area contributed by atoms with E-state index in [-0.39, 0.29) is 24.0 Å². The van der Waals surface area contributed by atoms with Crippen LogP contribution in [0.1, 0.15) is 50.3 Å². The molecule has 1 unspecified atom stereocenters. The highest BCUT2D eigenvalue weighted by Gasteiger charge is 2.27. The Morgan fingerprint density at radius 1 is 1.36 bits per heavy atom. The van der Waals surface area contributed by atoms with E-state index in [2.05, 4.69) is 11.4 Å². The van der Waals surface area contributed by atoms with Gasteiger partial charge in [0.25, 0.3) is 0 Å². The van der Waals surface area contributed by atoms with E-state index in [0.717, 1.165) is 24.8 Å². The molecule has 2 rings (SSSR count). The molecule has 0 saturated heterocycles. The van der Waals surface area contributed by atoms with Gasteiger partial charge in [0.1, 0.15) is 0 Å². The van der Waals surface area contributed by atoms with Crippen LogP contribution in [0.4, 0.5) is 0 Å². The Hall–Kier alpha value is -1.39. The topological polar surface area (TPSA) is 58.6 Å². The van der Waals surface area contributed by atoms with Gasteiger partial charge >= 0.3 is 0 Å². The van der Waals surface area contributed by atoms with Crippen LogP contribution in [0.15, 0.2) is 24.3 Å². The highest BCUT2D eigenvalue weighted by atomic mass is 16.5. The van der Waals surface area contributed by atoms with Crippen LogP contribution < -0.4 is 5.32 Å². The minimum Gasteiger partial charge on any atom is -0.396 e. The van der Waals surface area contributed by atoms with Crippen LogP contribution in [-0.2, 0) is 16.0 Å². The lowest BCUT2D eigenvalue weighted by Gasteiger charge is -2.30. The predicted octanol–water partition coefficient (Wildman–Crippen LogP) is 2.61. The summed E-state index contributed by atoms with van der Waals surface area (Å²) < 4.78 is 5.78. The number of ether oxygens (including phenoxy) is 1. The molecule has 0 spiro atoms. The normalized spacial score (nSPS) is 17.9. The Bertz CT molecular complexity index is 489. The van der Waals surface area contributed by atoms with Crippen molar-refractivity contribution in [3.05, 3.63) is 35.4 Å². The quantitative estimate of drug-likeness (QED) is 0.814. The molecule has 0 radical (unpaired) electrons. The molecule has 1 heterocycles. The monoisotopic (exact) mass is 305 g/mol. The molecule has 22 heavy (non-hydrogen) atoms. The van der Waals surface area contributed by atoms with Crippen molar-refractivity contribution in [2.45, 2.75) is 45.6 Å². The second-order valence-electron chi connectivity index (χ2n) is 6.15. The molecule has 1 aromatic rings. The van der Waals surface area contributed by atoms with Gasteiger partial charge < -0.3 is 15.2 Å². The summed E-state index contributed by atoms with van der Waals surface area (Å²) in [5.41, 5.74) is 2.20.